The Hall–Kier alpha value is -4.84. The average molecular weight is 528 g/mol. The molecule has 1 aliphatic carbocycles. The van der Waals surface area contributed by atoms with Crippen molar-refractivity contribution in [2.45, 2.75) is 12.8 Å². The molecule has 5 aromatic carbocycles. The van der Waals surface area contributed by atoms with Crippen LogP contribution >= 0.6 is 11.3 Å². The van der Waals surface area contributed by atoms with Gasteiger partial charge in [-0.3, -0.25) is 0 Å². The van der Waals surface area contributed by atoms with E-state index in [1.54, 1.807) is 0 Å². The number of thiophene rings is 1. The lowest BCUT2D eigenvalue weighted by Crippen LogP contribution is -1.95. The first kappa shape index (κ1) is 23.1. The SMILES string of the molecule is c1cccc(-c2cc3c(cc2-c2sc(-c4ccccc4)c4c2CCC=C4)c2ccccc2n3-c2ccccc2)c#1. The van der Waals surface area contributed by atoms with Crippen LogP contribution in [-0.4, -0.2) is 4.57 Å². The van der Waals surface area contributed by atoms with Crippen molar-refractivity contribution >= 4 is 39.2 Å². The van der Waals surface area contributed by atoms with E-state index in [-0.39, 0.29) is 0 Å². The third-order valence-electron chi connectivity index (χ3n) is 7.94. The number of benzene rings is 4. The molecule has 2 aromatic heterocycles. The molecule has 2 heteroatoms. The number of rotatable bonds is 4. The van der Waals surface area contributed by atoms with Crippen molar-refractivity contribution in [1.82, 2.24) is 4.57 Å². The predicted octanol–water partition coefficient (Wildman–Crippen LogP) is 10.4. The van der Waals surface area contributed by atoms with Gasteiger partial charge in [-0.15, -0.1) is 11.3 Å². The van der Waals surface area contributed by atoms with Crippen molar-refractivity contribution < 1.29 is 0 Å². The molecule has 0 atom stereocenters. The van der Waals surface area contributed by atoms with Gasteiger partial charge in [0, 0.05) is 42.9 Å². The third kappa shape index (κ3) is 3.63. The number of aromatic nitrogens is 1. The van der Waals surface area contributed by atoms with Crippen LogP contribution in [-0.2, 0) is 6.42 Å². The molecule has 40 heavy (non-hydrogen) atoms. The fourth-order valence-corrected chi connectivity index (χ4v) is 7.52. The summed E-state index contributed by atoms with van der Waals surface area (Å²) in [6.45, 7) is 0. The molecule has 0 N–H and O–H groups in total. The number of hydrogen-bond acceptors (Lipinski definition) is 1. The van der Waals surface area contributed by atoms with Gasteiger partial charge in [0.15, 0.2) is 0 Å². The lowest BCUT2D eigenvalue weighted by atomic mass is 9.90. The predicted molar refractivity (Wildman–Crippen MR) is 170 cm³/mol. The number of para-hydroxylation sites is 2. The van der Waals surface area contributed by atoms with E-state index < -0.39 is 0 Å². The maximum atomic E-state index is 3.43. The first-order valence-corrected chi connectivity index (χ1v) is 14.6. The molecule has 0 aliphatic heterocycles. The molecule has 7 aromatic rings. The van der Waals surface area contributed by atoms with E-state index in [4.69, 9.17) is 0 Å². The maximum Gasteiger partial charge on any atom is 0.0547 e. The van der Waals surface area contributed by atoms with Crippen LogP contribution in [0.4, 0.5) is 0 Å². The van der Waals surface area contributed by atoms with E-state index in [1.807, 2.05) is 17.4 Å². The van der Waals surface area contributed by atoms with Gasteiger partial charge >= 0.3 is 0 Å². The second kappa shape index (κ2) is 9.42. The van der Waals surface area contributed by atoms with Gasteiger partial charge in [0.1, 0.15) is 0 Å². The van der Waals surface area contributed by atoms with Gasteiger partial charge in [-0.25, -0.2) is 0 Å². The van der Waals surface area contributed by atoms with Crippen molar-refractivity contribution in [2.24, 2.45) is 0 Å². The summed E-state index contributed by atoms with van der Waals surface area (Å²) < 4.78 is 2.40. The quantitative estimate of drug-likeness (QED) is 0.215. The van der Waals surface area contributed by atoms with Gasteiger partial charge in [0.2, 0.25) is 0 Å². The fourth-order valence-electron chi connectivity index (χ4n) is 6.14. The highest BCUT2D eigenvalue weighted by Gasteiger charge is 2.24. The minimum absolute atomic E-state index is 1.05. The molecule has 0 fully saturated rings. The topological polar surface area (TPSA) is 4.93 Å². The summed E-state index contributed by atoms with van der Waals surface area (Å²) in [7, 11) is 0. The fraction of sp³-hybridized carbons (Fsp3) is 0.0526. The monoisotopic (exact) mass is 527 g/mol. The standard InChI is InChI=1S/C38H25NS/c1-4-14-26(15-5-1)32-25-36-33(29-20-12-13-23-35(29)39(36)28-18-8-3-9-19-28)24-34(32)38-31-22-11-10-21-30(31)37(40-38)27-16-6-2-7-17-27/h1-4,6-10,12-14,16-21,23-25H,11,22H2. The Morgan fingerprint density at radius 3 is 2.30 bits per heavy atom. The first-order valence-electron chi connectivity index (χ1n) is 13.8. The second-order valence-corrected chi connectivity index (χ2v) is 11.3. The van der Waals surface area contributed by atoms with E-state index >= 15 is 0 Å². The van der Waals surface area contributed by atoms with Gasteiger partial charge in [-0.1, -0.05) is 97.1 Å². The van der Waals surface area contributed by atoms with Gasteiger partial charge in [0.25, 0.3) is 0 Å². The van der Waals surface area contributed by atoms with Crippen LogP contribution in [0.25, 0.3) is 65.6 Å². The van der Waals surface area contributed by atoms with Crippen molar-refractivity contribution in [1.29, 1.82) is 0 Å². The molecule has 8 rings (SSSR count). The molecule has 1 nitrogen and oxygen atoms in total. The highest BCUT2D eigenvalue weighted by Crippen LogP contribution is 2.49. The number of nitrogens with zero attached hydrogens (tertiary/aromatic N) is 1. The summed E-state index contributed by atoms with van der Waals surface area (Å²) in [6.07, 6.45) is 6.78. The summed E-state index contributed by atoms with van der Waals surface area (Å²) in [4.78, 5) is 2.71. The molecular formula is C38H25NS. The van der Waals surface area contributed by atoms with E-state index in [0.717, 1.165) is 18.4 Å². The van der Waals surface area contributed by atoms with Crippen LogP contribution in [0.15, 0.2) is 121 Å². The Bertz CT molecular complexity index is 2030. The van der Waals surface area contributed by atoms with Gasteiger partial charge in [-0.2, -0.15) is 0 Å². The molecule has 0 amide bonds. The largest absolute Gasteiger partial charge is 0.309 e. The molecule has 0 spiro atoms. The summed E-state index contributed by atoms with van der Waals surface area (Å²) in [5, 5.41) is 2.54. The van der Waals surface area contributed by atoms with Crippen molar-refractivity contribution in [2.75, 3.05) is 0 Å². The zero-order chi connectivity index (χ0) is 26.5. The third-order valence-corrected chi connectivity index (χ3v) is 9.27. The Labute approximate surface area is 238 Å². The normalized spacial score (nSPS) is 12.5. The summed E-state index contributed by atoms with van der Waals surface area (Å²) in [5.41, 5.74) is 11.2. The van der Waals surface area contributed by atoms with E-state index in [1.165, 1.54) is 65.1 Å². The van der Waals surface area contributed by atoms with Crippen molar-refractivity contribution in [3.05, 3.63) is 145 Å². The second-order valence-electron chi connectivity index (χ2n) is 10.3. The molecule has 1 aliphatic rings. The highest BCUT2D eigenvalue weighted by molar-refractivity contribution is 7.19. The lowest BCUT2D eigenvalue weighted by molar-refractivity contribution is 0.996. The zero-order valence-corrected chi connectivity index (χ0v) is 22.7. The Morgan fingerprint density at radius 2 is 1.48 bits per heavy atom. The molecule has 0 bridgehead atoms. The number of hydrogen-bond donors (Lipinski definition) is 0. The van der Waals surface area contributed by atoms with Crippen LogP contribution in [0.1, 0.15) is 17.5 Å². The summed E-state index contributed by atoms with van der Waals surface area (Å²) in [5.74, 6) is 0. The van der Waals surface area contributed by atoms with Crippen LogP contribution in [0, 0.1) is 12.1 Å². The van der Waals surface area contributed by atoms with Gasteiger partial charge in [0.05, 0.1) is 11.0 Å². The van der Waals surface area contributed by atoms with Gasteiger partial charge < -0.3 is 4.57 Å². The molecule has 0 unspecified atom stereocenters. The van der Waals surface area contributed by atoms with Crippen LogP contribution < -0.4 is 0 Å². The first-order chi connectivity index (χ1) is 19.9. The minimum atomic E-state index is 1.05. The van der Waals surface area contributed by atoms with Crippen molar-refractivity contribution in [3.63, 3.8) is 0 Å². The molecule has 188 valence electrons. The minimum Gasteiger partial charge on any atom is -0.309 e. The van der Waals surface area contributed by atoms with Crippen LogP contribution in [0.2, 0.25) is 0 Å². The Morgan fingerprint density at radius 1 is 0.675 bits per heavy atom. The molecule has 0 saturated heterocycles. The van der Waals surface area contributed by atoms with Crippen LogP contribution in [0.5, 0.6) is 0 Å². The molecule has 2 heterocycles. The van der Waals surface area contributed by atoms with E-state index in [0.29, 0.717) is 0 Å². The van der Waals surface area contributed by atoms with E-state index in [2.05, 4.69) is 138 Å². The van der Waals surface area contributed by atoms with E-state index in [9.17, 15) is 0 Å². The number of allylic oxidation sites excluding steroid dienone is 1. The summed E-state index contributed by atoms with van der Waals surface area (Å²) in [6, 6.07) is 47.9. The average Bonchev–Trinajstić information content (AvgIpc) is 3.58. The van der Waals surface area contributed by atoms with Gasteiger partial charge in [-0.05, 0) is 72.0 Å². The van der Waals surface area contributed by atoms with Crippen molar-refractivity contribution in [3.8, 4) is 37.7 Å². The maximum absolute atomic E-state index is 3.43. The van der Waals surface area contributed by atoms with Crippen LogP contribution in [0.3, 0.4) is 0 Å². The molecule has 0 radical (unpaired) electrons. The lowest BCUT2D eigenvalue weighted by Gasteiger charge is -2.14. The molecular weight excluding hydrogens is 502 g/mol. The summed E-state index contributed by atoms with van der Waals surface area (Å²) >= 11 is 1.93. The smallest absolute Gasteiger partial charge is 0.0547 e. The number of fused-ring (bicyclic) bond motifs is 4. The molecule has 0 saturated carbocycles. The Kier molecular flexibility index (Phi) is 5.43. The zero-order valence-electron chi connectivity index (χ0n) is 21.9. The Balaban J connectivity index is 1.48. The highest BCUT2D eigenvalue weighted by atomic mass is 32.1.